The first-order chi connectivity index (χ1) is 9.97. The fraction of sp³-hybridized carbons (Fsp3) is 0.500. The molecule has 0 radical (unpaired) electrons. The number of carbonyl (C=O) groups is 1. The summed E-state index contributed by atoms with van der Waals surface area (Å²) >= 11 is 0. The second-order valence-electron chi connectivity index (χ2n) is 5.10. The monoisotopic (exact) mass is 303 g/mol. The largest absolute Gasteiger partial charge is 0.389 e. The smallest absolute Gasteiger partial charge is 0.251 e. The third-order valence-electron chi connectivity index (χ3n) is 3.10. The molecule has 0 spiro atoms. The van der Waals surface area contributed by atoms with Crippen molar-refractivity contribution in [1.82, 2.24) is 5.32 Å². The topological polar surface area (TPSA) is 58.6 Å². The number of nitrogens with one attached hydrogen (secondary N) is 1. The van der Waals surface area contributed by atoms with E-state index in [1.807, 2.05) is 0 Å². The third-order valence-corrected chi connectivity index (χ3v) is 3.10. The van der Waals surface area contributed by atoms with Crippen molar-refractivity contribution < 1.29 is 27.8 Å². The van der Waals surface area contributed by atoms with E-state index in [0.29, 0.717) is 24.7 Å². The van der Waals surface area contributed by atoms with Crippen molar-refractivity contribution in [2.45, 2.75) is 18.9 Å². The maximum Gasteiger partial charge on any atom is 0.251 e. The minimum atomic E-state index is -1.62. The van der Waals surface area contributed by atoms with E-state index in [2.05, 4.69) is 5.32 Å². The van der Waals surface area contributed by atoms with Crippen molar-refractivity contribution in [1.29, 1.82) is 0 Å². The summed E-state index contributed by atoms with van der Waals surface area (Å²) in [6, 6.07) is 1.20. The highest BCUT2D eigenvalue weighted by atomic mass is 19.2. The van der Waals surface area contributed by atoms with Gasteiger partial charge < -0.3 is 15.2 Å². The van der Waals surface area contributed by atoms with Crippen molar-refractivity contribution in [3.05, 3.63) is 35.1 Å². The molecule has 0 saturated heterocycles. The molecule has 0 aliphatic heterocycles. The molecule has 1 saturated carbocycles. The Bertz CT molecular complexity index is 497. The van der Waals surface area contributed by atoms with Gasteiger partial charge in [-0.15, -0.1) is 0 Å². The lowest BCUT2D eigenvalue weighted by Gasteiger charge is -2.12. The molecule has 0 bridgehead atoms. The van der Waals surface area contributed by atoms with Crippen molar-refractivity contribution in [2.75, 3.05) is 19.8 Å². The zero-order valence-corrected chi connectivity index (χ0v) is 11.2. The van der Waals surface area contributed by atoms with Crippen LogP contribution in [0.15, 0.2) is 12.1 Å². The molecule has 1 atom stereocenters. The molecular formula is C14H16F3NO3. The van der Waals surface area contributed by atoms with E-state index < -0.39 is 29.5 Å². The number of benzene rings is 1. The fourth-order valence-electron chi connectivity index (χ4n) is 1.71. The lowest BCUT2D eigenvalue weighted by Crippen LogP contribution is -2.34. The SMILES string of the molecule is O=C(NCC(O)COCC1CC1)c1cc(F)c(F)c(F)c1. The molecule has 1 aliphatic rings. The minimum absolute atomic E-state index is 0.0723. The average molecular weight is 303 g/mol. The molecular weight excluding hydrogens is 287 g/mol. The maximum absolute atomic E-state index is 13.0. The molecule has 7 heteroatoms. The molecule has 1 aromatic carbocycles. The Balaban J connectivity index is 1.77. The number of amides is 1. The maximum atomic E-state index is 13.0. The van der Waals surface area contributed by atoms with E-state index in [1.165, 1.54) is 0 Å². The third kappa shape index (κ3) is 4.71. The molecule has 1 fully saturated rings. The Hall–Kier alpha value is -1.60. The number of hydrogen-bond donors (Lipinski definition) is 2. The van der Waals surface area contributed by atoms with Gasteiger partial charge >= 0.3 is 0 Å². The Morgan fingerprint density at radius 2 is 1.95 bits per heavy atom. The standard InChI is InChI=1S/C14H16F3NO3/c15-11-3-9(4-12(16)13(11)17)14(20)18-5-10(19)7-21-6-8-1-2-8/h3-4,8,10,19H,1-2,5-7H2,(H,18,20). The van der Waals surface area contributed by atoms with Gasteiger partial charge in [0.1, 0.15) is 0 Å². The molecule has 0 heterocycles. The van der Waals surface area contributed by atoms with Crippen LogP contribution in [0.5, 0.6) is 0 Å². The summed E-state index contributed by atoms with van der Waals surface area (Å²) in [5.74, 6) is -4.73. The lowest BCUT2D eigenvalue weighted by molar-refractivity contribution is 0.0320. The van der Waals surface area contributed by atoms with Crippen LogP contribution in [0.25, 0.3) is 0 Å². The Morgan fingerprint density at radius 3 is 2.52 bits per heavy atom. The summed E-state index contributed by atoms with van der Waals surface area (Å²) in [6.07, 6.45) is 1.35. The predicted octanol–water partition coefficient (Wildman–Crippen LogP) is 1.62. The van der Waals surface area contributed by atoms with Crippen LogP contribution >= 0.6 is 0 Å². The molecule has 0 aromatic heterocycles. The number of aliphatic hydroxyl groups excluding tert-OH is 1. The van der Waals surface area contributed by atoms with Crippen LogP contribution in [0.1, 0.15) is 23.2 Å². The van der Waals surface area contributed by atoms with Crippen LogP contribution in [0.4, 0.5) is 13.2 Å². The first-order valence-electron chi connectivity index (χ1n) is 6.66. The van der Waals surface area contributed by atoms with Gasteiger partial charge in [-0.3, -0.25) is 4.79 Å². The summed E-state index contributed by atoms with van der Waals surface area (Å²) in [5.41, 5.74) is -0.350. The predicted molar refractivity (Wildman–Crippen MR) is 68.2 cm³/mol. The van der Waals surface area contributed by atoms with E-state index in [1.54, 1.807) is 0 Å². The van der Waals surface area contributed by atoms with Gasteiger partial charge in [0.2, 0.25) is 0 Å². The molecule has 21 heavy (non-hydrogen) atoms. The highest BCUT2D eigenvalue weighted by Gasteiger charge is 2.21. The summed E-state index contributed by atoms with van der Waals surface area (Å²) in [6.45, 7) is 0.534. The normalized spacial score (nSPS) is 15.8. The van der Waals surface area contributed by atoms with E-state index in [9.17, 15) is 23.1 Å². The number of carbonyl (C=O) groups excluding carboxylic acids is 1. The molecule has 1 unspecified atom stereocenters. The van der Waals surface area contributed by atoms with Crippen molar-refractivity contribution >= 4 is 5.91 Å². The summed E-state index contributed by atoms with van der Waals surface area (Å²) in [5, 5.41) is 11.9. The second-order valence-corrected chi connectivity index (χ2v) is 5.10. The first-order valence-corrected chi connectivity index (χ1v) is 6.66. The highest BCUT2D eigenvalue weighted by molar-refractivity contribution is 5.94. The van der Waals surface area contributed by atoms with Crippen LogP contribution in [-0.4, -0.2) is 36.9 Å². The summed E-state index contributed by atoms with van der Waals surface area (Å²) in [7, 11) is 0. The molecule has 1 aliphatic carbocycles. The molecule has 4 nitrogen and oxygen atoms in total. The van der Waals surface area contributed by atoms with E-state index in [-0.39, 0.29) is 18.7 Å². The van der Waals surface area contributed by atoms with Gasteiger partial charge in [-0.05, 0) is 30.9 Å². The van der Waals surface area contributed by atoms with Crippen molar-refractivity contribution in [3.63, 3.8) is 0 Å². The summed E-state index contributed by atoms with van der Waals surface area (Å²) < 4.78 is 44.0. The first kappa shape index (κ1) is 15.8. The van der Waals surface area contributed by atoms with Gasteiger partial charge in [0.05, 0.1) is 12.7 Å². The molecule has 2 N–H and O–H groups in total. The van der Waals surface area contributed by atoms with Gasteiger partial charge in [0.15, 0.2) is 17.5 Å². The molecule has 1 amide bonds. The highest BCUT2D eigenvalue weighted by Crippen LogP contribution is 2.28. The quantitative estimate of drug-likeness (QED) is 0.753. The minimum Gasteiger partial charge on any atom is -0.389 e. The van der Waals surface area contributed by atoms with Gasteiger partial charge in [0.25, 0.3) is 5.91 Å². The van der Waals surface area contributed by atoms with Crippen LogP contribution in [0.3, 0.4) is 0 Å². The van der Waals surface area contributed by atoms with Crippen LogP contribution in [-0.2, 0) is 4.74 Å². The van der Waals surface area contributed by atoms with E-state index in [4.69, 9.17) is 4.74 Å². The fourth-order valence-corrected chi connectivity index (χ4v) is 1.71. The van der Waals surface area contributed by atoms with Crippen molar-refractivity contribution in [3.8, 4) is 0 Å². The molecule has 1 aromatic rings. The van der Waals surface area contributed by atoms with Crippen LogP contribution in [0, 0.1) is 23.4 Å². The summed E-state index contributed by atoms with van der Waals surface area (Å²) in [4.78, 5) is 11.6. The lowest BCUT2D eigenvalue weighted by atomic mass is 10.2. The molecule has 2 rings (SSSR count). The zero-order chi connectivity index (χ0) is 15.4. The van der Waals surface area contributed by atoms with E-state index >= 15 is 0 Å². The van der Waals surface area contributed by atoms with Crippen molar-refractivity contribution in [2.24, 2.45) is 5.92 Å². The Kier molecular flexibility index (Phi) is 5.19. The van der Waals surface area contributed by atoms with Gasteiger partial charge in [-0.25, -0.2) is 13.2 Å². The number of halogens is 3. The van der Waals surface area contributed by atoms with Gasteiger partial charge in [0, 0.05) is 18.7 Å². The zero-order valence-electron chi connectivity index (χ0n) is 11.2. The van der Waals surface area contributed by atoms with Crippen LogP contribution in [0.2, 0.25) is 0 Å². The second kappa shape index (κ2) is 6.91. The Morgan fingerprint density at radius 1 is 1.33 bits per heavy atom. The number of aliphatic hydroxyl groups is 1. The number of ether oxygens (including phenoxy) is 1. The number of hydrogen-bond acceptors (Lipinski definition) is 3. The van der Waals surface area contributed by atoms with Gasteiger partial charge in [-0.2, -0.15) is 0 Å². The van der Waals surface area contributed by atoms with Gasteiger partial charge in [-0.1, -0.05) is 0 Å². The molecule has 116 valence electrons. The Labute approximate surface area is 119 Å². The average Bonchev–Trinajstić information content (AvgIpc) is 3.25. The number of rotatable bonds is 7. The van der Waals surface area contributed by atoms with Crippen LogP contribution < -0.4 is 5.32 Å². The van der Waals surface area contributed by atoms with E-state index in [0.717, 1.165) is 12.8 Å².